The predicted molar refractivity (Wildman–Crippen MR) is 71.5 cm³/mol. The van der Waals surface area contributed by atoms with Crippen LogP contribution in [-0.4, -0.2) is 11.8 Å². The fourth-order valence-corrected chi connectivity index (χ4v) is 2.12. The molecule has 0 heterocycles. The fourth-order valence-electron chi connectivity index (χ4n) is 2.12. The zero-order valence-electron chi connectivity index (χ0n) is 10.3. The number of Topliss-reactive ketones (excluding diaryl/α,β-unsaturated/α-hetero) is 1. The van der Waals surface area contributed by atoms with Gasteiger partial charge in [-0.25, -0.2) is 0 Å². The van der Waals surface area contributed by atoms with Crippen molar-refractivity contribution in [1.29, 1.82) is 0 Å². The van der Waals surface area contributed by atoms with Gasteiger partial charge in [-0.2, -0.15) is 0 Å². The van der Waals surface area contributed by atoms with Crippen molar-refractivity contribution in [1.82, 2.24) is 0 Å². The molecule has 0 amide bonds. The van der Waals surface area contributed by atoms with Gasteiger partial charge >= 0.3 is 0 Å². The molecule has 0 saturated heterocycles. The number of hydrogen-bond donors (Lipinski definition) is 1. The fraction of sp³-hybridized carbons (Fsp3) is 0.400. The third-order valence-corrected chi connectivity index (χ3v) is 3.17. The smallest absolute Gasteiger partial charge is 0.162 e. The quantitative estimate of drug-likeness (QED) is 0.628. The van der Waals surface area contributed by atoms with E-state index in [1.165, 1.54) is 6.42 Å². The van der Waals surface area contributed by atoms with Crippen LogP contribution < -0.4 is 5.32 Å². The summed E-state index contributed by atoms with van der Waals surface area (Å²) in [6, 6.07) is 8.36. The number of hydrogen-bond acceptors (Lipinski definition) is 2. The molecule has 1 atom stereocenters. The minimum Gasteiger partial charge on any atom is -0.382 e. The van der Waals surface area contributed by atoms with Gasteiger partial charge in [0.2, 0.25) is 0 Å². The topological polar surface area (TPSA) is 29.1 Å². The van der Waals surface area contributed by atoms with Crippen molar-refractivity contribution in [3.05, 3.63) is 42.0 Å². The van der Waals surface area contributed by atoms with Crippen LogP contribution in [0.3, 0.4) is 0 Å². The maximum atomic E-state index is 11.5. The summed E-state index contributed by atoms with van der Waals surface area (Å²) in [7, 11) is 0. The Hall–Kier alpha value is -1.57. The molecule has 1 aliphatic carbocycles. The highest BCUT2D eigenvalue weighted by Crippen LogP contribution is 2.18. The first-order valence-electron chi connectivity index (χ1n) is 6.34. The first-order chi connectivity index (χ1) is 8.29. The second-order valence-corrected chi connectivity index (χ2v) is 4.48. The Kier molecular flexibility index (Phi) is 3.97. The van der Waals surface area contributed by atoms with Crippen LogP contribution in [0.15, 0.2) is 36.4 Å². The van der Waals surface area contributed by atoms with E-state index in [1.54, 1.807) is 0 Å². The molecule has 2 heteroatoms. The van der Waals surface area contributed by atoms with Gasteiger partial charge in [0.05, 0.1) is 0 Å². The van der Waals surface area contributed by atoms with Gasteiger partial charge in [-0.3, -0.25) is 4.79 Å². The summed E-state index contributed by atoms with van der Waals surface area (Å²) >= 11 is 0. The van der Waals surface area contributed by atoms with Crippen molar-refractivity contribution in [2.24, 2.45) is 0 Å². The van der Waals surface area contributed by atoms with Crippen LogP contribution >= 0.6 is 0 Å². The molecular formula is C15H19NO. The van der Waals surface area contributed by atoms with E-state index in [0.29, 0.717) is 12.5 Å². The van der Waals surface area contributed by atoms with Crippen molar-refractivity contribution in [2.45, 2.75) is 38.6 Å². The van der Waals surface area contributed by atoms with E-state index in [0.717, 1.165) is 24.1 Å². The van der Waals surface area contributed by atoms with Crippen LogP contribution in [0.25, 0.3) is 0 Å². The van der Waals surface area contributed by atoms with Gasteiger partial charge in [0.25, 0.3) is 0 Å². The van der Waals surface area contributed by atoms with Gasteiger partial charge in [-0.1, -0.05) is 19.1 Å². The third kappa shape index (κ3) is 3.19. The summed E-state index contributed by atoms with van der Waals surface area (Å²) in [4.78, 5) is 11.5. The number of nitrogens with one attached hydrogen (secondary N) is 1. The second kappa shape index (κ2) is 5.67. The van der Waals surface area contributed by atoms with Crippen LogP contribution in [0.4, 0.5) is 5.69 Å². The average molecular weight is 229 g/mol. The van der Waals surface area contributed by atoms with Gasteiger partial charge in [0.1, 0.15) is 0 Å². The molecule has 1 aromatic rings. The number of allylic oxidation sites excluding steroid dienone is 1. The molecule has 2 nitrogen and oxygen atoms in total. The average Bonchev–Trinajstić information content (AvgIpc) is 2.40. The Bertz CT molecular complexity index is 405. The molecular weight excluding hydrogens is 210 g/mol. The van der Waals surface area contributed by atoms with Gasteiger partial charge in [-0.15, -0.1) is 0 Å². The van der Waals surface area contributed by atoms with E-state index in [4.69, 9.17) is 0 Å². The lowest BCUT2D eigenvalue weighted by atomic mass is 10.0. The molecule has 0 fully saturated rings. The zero-order valence-corrected chi connectivity index (χ0v) is 10.3. The second-order valence-electron chi connectivity index (χ2n) is 4.48. The highest BCUT2D eigenvalue weighted by Gasteiger charge is 2.09. The number of carbonyl (C=O) groups is 1. The van der Waals surface area contributed by atoms with Crippen molar-refractivity contribution >= 4 is 11.5 Å². The molecule has 0 radical (unpaired) electrons. The Morgan fingerprint density at radius 3 is 2.65 bits per heavy atom. The minimum absolute atomic E-state index is 0.206. The van der Waals surface area contributed by atoms with E-state index in [-0.39, 0.29) is 5.78 Å². The Labute approximate surface area is 103 Å². The summed E-state index contributed by atoms with van der Waals surface area (Å²) in [5.41, 5.74) is 1.92. The molecule has 17 heavy (non-hydrogen) atoms. The normalized spacial score (nSPS) is 19.0. The molecule has 1 aliphatic rings. The molecule has 0 aliphatic heterocycles. The largest absolute Gasteiger partial charge is 0.382 e. The molecule has 0 saturated carbocycles. The number of carbonyl (C=O) groups excluding carboxylic acids is 1. The third-order valence-electron chi connectivity index (χ3n) is 3.17. The molecule has 0 spiro atoms. The number of rotatable bonds is 4. The monoisotopic (exact) mass is 229 g/mol. The van der Waals surface area contributed by atoms with Crippen molar-refractivity contribution in [3.8, 4) is 0 Å². The lowest BCUT2D eigenvalue weighted by Crippen LogP contribution is -2.20. The summed E-state index contributed by atoms with van der Waals surface area (Å²) in [6.07, 6.45) is 8.48. The van der Waals surface area contributed by atoms with E-state index in [9.17, 15) is 4.79 Å². The summed E-state index contributed by atoms with van der Waals surface area (Å²) < 4.78 is 0. The summed E-state index contributed by atoms with van der Waals surface area (Å²) in [6.45, 7) is 1.89. The molecule has 0 bridgehead atoms. The van der Waals surface area contributed by atoms with Gasteiger partial charge in [0.15, 0.2) is 5.78 Å². The van der Waals surface area contributed by atoms with Gasteiger partial charge < -0.3 is 5.32 Å². The molecule has 1 N–H and O–H groups in total. The Morgan fingerprint density at radius 2 is 2.06 bits per heavy atom. The van der Waals surface area contributed by atoms with Crippen molar-refractivity contribution < 1.29 is 4.79 Å². The number of benzene rings is 1. The highest BCUT2D eigenvalue weighted by molar-refractivity contribution is 5.96. The van der Waals surface area contributed by atoms with Crippen molar-refractivity contribution in [3.63, 3.8) is 0 Å². The number of ketones is 1. The standard InChI is InChI=1S/C15H19NO/c1-2-15(17)12-8-10-14(11-9-12)16-13-6-4-3-5-7-13/h3-4,8-11,13,16H,2,5-7H2,1H3. The van der Waals surface area contributed by atoms with Crippen LogP contribution in [-0.2, 0) is 0 Å². The van der Waals surface area contributed by atoms with Crippen molar-refractivity contribution in [2.75, 3.05) is 5.32 Å². The maximum absolute atomic E-state index is 11.5. The molecule has 0 aromatic heterocycles. The summed E-state index contributed by atoms with van der Waals surface area (Å²) in [5.74, 6) is 0.206. The lowest BCUT2D eigenvalue weighted by molar-refractivity contribution is 0.0988. The van der Waals surface area contributed by atoms with Crippen LogP contribution in [0.5, 0.6) is 0 Å². The van der Waals surface area contributed by atoms with E-state index in [2.05, 4.69) is 17.5 Å². The maximum Gasteiger partial charge on any atom is 0.162 e. The minimum atomic E-state index is 0.206. The molecule has 90 valence electrons. The van der Waals surface area contributed by atoms with E-state index in [1.807, 2.05) is 31.2 Å². The predicted octanol–water partition coefficient (Wildman–Crippen LogP) is 3.80. The first kappa shape index (κ1) is 11.9. The number of anilines is 1. The van der Waals surface area contributed by atoms with Gasteiger partial charge in [-0.05, 0) is 43.5 Å². The SMILES string of the molecule is CCC(=O)c1ccc(NC2CC=CCC2)cc1. The molecule has 1 aromatic carbocycles. The highest BCUT2D eigenvalue weighted by atomic mass is 16.1. The first-order valence-corrected chi connectivity index (χ1v) is 6.34. The van der Waals surface area contributed by atoms with Crippen LogP contribution in [0, 0.1) is 0 Å². The Balaban J connectivity index is 1.98. The zero-order chi connectivity index (χ0) is 12.1. The Morgan fingerprint density at radius 1 is 1.29 bits per heavy atom. The van der Waals surface area contributed by atoms with Crippen LogP contribution in [0.1, 0.15) is 43.0 Å². The van der Waals surface area contributed by atoms with Crippen LogP contribution in [0.2, 0.25) is 0 Å². The van der Waals surface area contributed by atoms with E-state index < -0.39 is 0 Å². The summed E-state index contributed by atoms with van der Waals surface area (Å²) in [5, 5.41) is 3.50. The van der Waals surface area contributed by atoms with Gasteiger partial charge in [0, 0.05) is 23.7 Å². The molecule has 2 rings (SSSR count). The lowest BCUT2D eigenvalue weighted by Gasteiger charge is -2.20. The van der Waals surface area contributed by atoms with E-state index >= 15 is 0 Å². The molecule has 1 unspecified atom stereocenters.